The number of hydrogen-bond acceptors (Lipinski definition) is 3. The predicted octanol–water partition coefficient (Wildman–Crippen LogP) is 3.82. The highest BCUT2D eigenvalue weighted by Gasteiger charge is 2.19. The fourth-order valence-electron chi connectivity index (χ4n) is 2.27. The highest BCUT2D eigenvalue weighted by Crippen LogP contribution is 2.29. The lowest BCUT2D eigenvalue weighted by Crippen LogP contribution is -2.21. The molecule has 0 aliphatic heterocycles. The van der Waals surface area contributed by atoms with Gasteiger partial charge in [0.05, 0.1) is 5.69 Å². The van der Waals surface area contributed by atoms with Crippen LogP contribution in [0.3, 0.4) is 0 Å². The van der Waals surface area contributed by atoms with Crippen molar-refractivity contribution in [2.24, 2.45) is 5.92 Å². The van der Waals surface area contributed by atoms with Crippen LogP contribution in [0.2, 0.25) is 0 Å². The number of carbonyl (C=O) groups is 1. The highest BCUT2D eigenvalue weighted by atomic mass is 35.5. The van der Waals surface area contributed by atoms with Crippen LogP contribution in [0.5, 0.6) is 0 Å². The first kappa shape index (κ1) is 15.4. The summed E-state index contributed by atoms with van der Waals surface area (Å²) in [5.74, 6) is 0.247. The van der Waals surface area contributed by atoms with Gasteiger partial charge in [0.25, 0.3) is 0 Å². The number of nitrogens with zero attached hydrogens (tertiary/aromatic N) is 1. The summed E-state index contributed by atoms with van der Waals surface area (Å²) in [6.45, 7) is 4.11. The van der Waals surface area contributed by atoms with Crippen molar-refractivity contribution in [3.05, 3.63) is 10.6 Å². The van der Waals surface area contributed by atoms with E-state index in [2.05, 4.69) is 24.1 Å². The molecule has 1 aliphatic rings. The van der Waals surface area contributed by atoms with Crippen molar-refractivity contribution >= 4 is 34.8 Å². The van der Waals surface area contributed by atoms with Gasteiger partial charge >= 0.3 is 0 Å². The molecule has 0 atom stereocenters. The zero-order valence-corrected chi connectivity index (χ0v) is 12.6. The standard InChI is InChI=1S/C13H20N2OS.ClH/c1-3-9(4-2)12(16)15-13-14-10-7-5-6-8-11(10)17-13;/h9H,3-8H2,1-2H3,(H,14,15,16);1H. The Morgan fingerprint density at radius 3 is 2.61 bits per heavy atom. The van der Waals surface area contributed by atoms with Gasteiger partial charge in [-0.15, -0.1) is 23.7 Å². The molecular weight excluding hydrogens is 268 g/mol. The second-order valence-electron chi connectivity index (χ2n) is 4.60. The Kier molecular flexibility index (Phi) is 6.09. The summed E-state index contributed by atoms with van der Waals surface area (Å²) in [5, 5.41) is 3.77. The lowest BCUT2D eigenvalue weighted by molar-refractivity contribution is -0.120. The smallest absolute Gasteiger partial charge is 0.229 e. The van der Waals surface area contributed by atoms with Gasteiger partial charge in [-0.3, -0.25) is 4.79 Å². The van der Waals surface area contributed by atoms with Crippen LogP contribution in [0.4, 0.5) is 5.13 Å². The third-order valence-corrected chi connectivity index (χ3v) is 4.51. The number of anilines is 1. The molecule has 0 bridgehead atoms. The van der Waals surface area contributed by atoms with Gasteiger partial charge in [-0.05, 0) is 38.5 Å². The zero-order valence-electron chi connectivity index (χ0n) is 11.0. The molecule has 0 radical (unpaired) electrons. The van der Waals surface area contributed by atoms with E-state index in [0.717, 1.165) is 30.8 Å². The number of amides is 1. The molecular formula is C13H21ClN2OS. The van der Waals surface area contributed by atoms with E-state index < -0.39 is 0 Å². The topological polar surface area (TPSA) is 42.0 Å². The van der Waals surface area contributed by atoms with Gasteiger partial charge in [0, 0.05) is 10.8 Å². The SMILES string of the molecule is CCC(CC)C(=O)Nc1nc2c(s1)CCCC2.Cl. The van der Waals surface area contributed by atoms with Gasteiger partial charge in [-0.25, -0.2) is 4.98 Å². The van der Waals surface area contributed by atoms with E-state index in [4.69, 9.17) is 0 Å². The summed E-state index contributed by atoms with van der Waals surface area (Å²) < 4.78 is 0. The Morgan fingerprint density at radius 2 is 2.00 bits per heavy atom. The van der Waals surface area contributed by atoms with Crippen molar-refractivity contribution in [2.75, 3.05) is 5.32 Å². The van der Waals surface area contributed by atoms with E-state index in [-0.39, 0.29) is 24.2 Å². The average Bonchev–Trinajstić information content (AvgIpc) is 2.72. The number of thiazole rings is 1. The summed E-state index contributed by atoms with van der Waals surface area (Å²) >= 11 is 1.66. The largest absolute Gasteiger partial charge is 0.302 e. The Balaban J connectivity index is 0.00000162. The number of rotatable bonds is 4. The Bertz CT molecular complexity index is 378. The molecule has 0 spiro atoms. The van der Waals surface area contributed by atoms with Crippen molar-refractivity contribution < 1.29 is 4.79 Å². The van der Waals surface area contributed by atoms with Crippen molar-refractivity contribution in [2.45, 2.75) is 52.4 Å². The van der Waals surface area contributed by atoms with Crippen LogP contribution < -0.4 is 5.32 Å². The summed E-state index contributed by atoms with van der Waals surface area (Å²) in [6, 6.07) is 0. The molecule has 2 rings (SSSR count). The molecule has 102 valence electrons. The van der Waals surface area contributed by atoms with Crippen LogP contribution in [0, 0.1) is 5.92 Å². The molecule has 1 heterocycles. The van der Waals surface area contributed by atoms with Gasteiger partial charge in [-0.2, -0.15) is 0 Å². The number of nitrogens with one attached hydrogen (secondary N) is 1. The minimum Gasteiger partial charge on any atom is -0.302 e. The van der Waals surface area contributed by atoms with Crippen LogP contribution in [0.25, 0.3) is 0 Å². The highest BCUT2D eigenvalue weighted by molar-refractivity contribution is 7.15. The van der Waals surface area contributed by atoms with Gasteiger partial charge in [0.2, 0.25) is 5.91 Å². The Morgan fingerprint density at radius 1 is 1.33 bits per heavy atom. The first-order valence-electron chi connectivity index (χ1n) is 6.54. The predicted molar refractivity (Wildman–Crippen MR) is 78.7 cm³/mol. The third kappa shape index (κ3) is 3.45. The van der Waals surface area contributed by atoms with E-state index in [1.807, 2.05) is 0 Å². The summed E-state index contributed by atoms with van der Waals surface area (Å²) in [5.41, 5.74) is 1.21. The molecule has 0 aromatic carbocycles. The van der Waals surface area contributed by atoms with E-state index in [9.17, 15) is 4.79 Å². The maximum Gasteiger partial charge on any atom is 0.229 e. The molecule has 1 aromatic heterocycles. The van der Waals surface area contributed by atoms with Gasteiger partial charge < -0.3 is 5.32 Å². The van der Waals surface area contributed by atoms with Gasteiger partial charge in [0.1, 0.15) is 0 Å². The van der Waals surface area contributed by atoms with Crippen LogP contribution >= 0.6 is 23.7 Å². The first-order chi connectivity index (χ1) is 8.24. The second-order valence-corrected chi connectivity index (χ2v) is 5.68. The van der Waals surface area contributed by atoms with Crippen LogP contribution in [0.1, 0.15) is 50.1 Å². The molecule has 1 aromatic rings. The van der Waals surface area contributed by atoms with E-state index in [0.29, 0.717) is 0 Å². The van der Waals surface area contributed by atoms with Crippen molar-refractivity contribution in [1.82, 2.24) is 4.98 Å². The monoisotopic (exact) mass is 288 g/mol. The van der Waals surface area contributed by atoms with Crippen LogP contribution in [-0.2, 0) is 17.6 Å². The average molecular weight is 289 g/mol. The van der Waals surface area contributed by atoms with Gasteiger partial charge in [-0.1, -0.05) is 13.8 Å². The number of fused-ring (bicyclic) bond motifs is 1. The number of carbonyl (C=O) groups excluding carboxylic acids is 1. The summed E-state index contributed by atoms with van der Waals surface area (Å²) in [7, 11) is 0. The van der Waals surface area contributed by atoms with Gasteiger partial charge in [0.15, 0.2) is 5.13 Å². The molecule has 5 heteroatoms. The van der Waals surface area contributed by atoms with Crippen molar-refractivity contribution in [3.63, 3.8) is 0 Å². The molecule has 1 aliphatic carbocycles. The molecule has 0 saturated carbocycles. The normalized spacial score (nSPS) is 13.9. The molecule has 3 nitrogen and oxygen atoms in total. The first-order valence-corrected chi connectivity index (χ1v) is 7.35. The minimum atomic E-state index is 0. The second kappa shape index (κ2) is 7.10. The van der Waals surface area contributed by atoms with E-state index >= 15 is 0 Å². The third-order valence-electron chi connectivity index (χ3n) is 3.43. The Hall–Kier alpha value is -0.610. The summed E-state index contributed by atoms with van der Waals surface area (Å²) in [6.07, 6.45) is 6.49. The number of aromatic nitrogens is 1. The molecule has 0 fully saturated rings. The molecule has 0 unspecified atom stereocenters. The van der Waals surface area contributed by atoms with Crippen molar-refractivity contribution in [3.8, 4) is 0 Å². The van der Waals surface area contributed by atoms with Crippen LogP contribution in [-0.4, -0.2) is 10.9 Å². The molecule has 1 amide bonds. The lowest BCUT2D eigenvalue weighted by Gasteiger charge is -2.10. The number of halogens is 1. The summed E-state index contributed by atoms with van der Waals surface area (Å²) in [4.78, 5) is 17.8. The van der Waals surface area contributed by atoms with Crippen molar-refractivity contribution in [1.29, 1.82) is 0 Å². The molecule has 0 saturated heterocycles. The fraction of sp³-hybridized carbons (Fsp3) is 0.692. The number of hydrogen-bond donors (Lipinski definition) is 1. The van der Waals surface area contributed by atoms with Crippen LogP contribution in [0.15, 0.2) is 0 Å². The maximum atomic E-state index is 11.9. The fourth-order valence-corrected chi connectivity index (χ4v) is 3.33. The molecule has 18 heavy (non-hydrogen) atoms. The van der Waals surface area contributed by atoms with E-state index in [1.165, 1.54) is 23.4 Å². The number of aryl methyl sites for hydroxylation is 2. The zero-order chi connectivity index (χ0) is 12.3. The minimum absolute atomic E-state index is 0. The quantitative estimate of drug-likeness (QED) is 0.915. The Labute approximate surface area is 119 Å². The van der Waals surface area contributed by atoms with E-state index in [1.54, 1.807) is 11.3 Å². The maximum absolute atomic E-state index is 11.9. The lowest BCUT2D eigenvalue weighted by atomic mass is 10.0. The molecule has 1 N–H and O–H groups in total.